The number of fused-ring (bicyclic) bond motifs is 1. The second-order valence-electron chi connectivity index (χ2n) is 4.67. The first-order valence-electron chi connectivity index (χ1n) is 6.30. The quantitative estimate of drug-likeness (QED) is 0.748. The summed E-state index contributed by atoms with van der Waals surface area (Å²) in [4.78, 5) is 7.47. The molecule has 0 bridgehead atoms. The predicted molar refractivity (Wildman–Crippen MR) is 78.7 cm³/mol. The predicted octanol–water partition coefficient (Wildman–Crippen LogP) is 3.61. The van der Waals surface area contributed by atoms with Gasteiger partial charge in [-0.25, -0.2) is 4.98 Å². The molecule has 2 aromatic heterocycles. The molecule has 0 aliphatic heterocycles. The second-order valence-corrected chi connectivity index (χ2v) is 5.06. The van der Waals surface area contributed by atoms with Gasteiger partial charge in [0.1, 0.15) is 17.6 Å². The van der Waals surface area contributed by atoms with Crippen LogP contribution in [0, 0.1) is 11.7 Å². The van der Waals surface area contributed by atoms with Crippen LogP contribution < -0.4 is 4.74 Å². The Hall–Kier alpha value is -2.08. The Balaban J connectivity index is 2.19. The van der Waals surface area contributed by atoms with Crippen LogP contribution in [0.4, 0.5) is 0 Å². The molecule has 0 saturated carbocycles. The molecule has 1 N–H and O–H groups in total. The van der Waals surface area contributed by atoms with Gasteiger partial charge in [0.15, 0.2) is 4.77 Å². The highest BCUT2D eigenvalue weighted by molar-refractivity contribution is 7.71. The smallest absolute Gasteiger partial charge is 0.217 e. The molecule has 104 valence electrons. The van der Waals surface area contributed by atoms with Crippen molar-refractivity contribution in [3.63, 3.8) is 0 Å². The number of hydrogen-bond acceptors (Lipinski definition) is 4. The van der Waals surface area contributed by atoms with Crippen molar-refractivity contribution in [3.8, 4) is 5.75 Å². The molecular weight excluding hydrogens is 274 g/mol. The third kappa shape index (κ3) is 2.02. The summed E-state index contributed by atoms with van der Waals surface area (Å²) in [6, 6.07) is 5.72. The van der Waals surface area contributed by atoms with Crippen molar-refractivity contribution < 1.29 is 9.15 Å². The van der Waals surface area contributed by atoms with E-state index in [9.17, 15) is 0 Å². The molecule has 0 amide bonds. The summed E-state index contributed by atoms with van der Waals surface area (Å²) >= 11 is 5.41. The minimum Gasteiger partial charge on any atom is -0.497 e. The highest BCUT2D eigenvalue weighted by Crippen LogP contribution is 2.26. The van der Waals surface area contributed by atoms with Crippen molar-refractivity contribution in [3.05, 3.63) is 40.8 Å². The lowest BCUT2D eigenvalue weighted by Crippen LogP contribution is -2.07. The topological polar surface area (TPSA) is 56.0 Å². The summed E-state index contributed by atoms with van der Waals surface area (Å²) in [5.41, 5.74) is 1.93. The number of oxazole rings is 1. The molecule has 3 aromatic rings. The number of imidazole rings is 1. The van der Waals surface area contributed by atoms with Crippen LogP contribution in [0.15, 0.2) is 28.8 Å². The number of hydrogen-bond donors (Lipinski definition) is 1. The maximum atomic E-state index is 5.61. The Labute approximate surface area is 121 Å². The number of benzene rings is 1. The van der Waals surface area contributed by atoms with Gasteiger partial charge >= 0.3 is 0 Å². The fourth-order valence-electron chi connectivity index (χ4n) is 2.29. The van der Waals surface area contributed by atoms with Crippen molar-refractivity contribution in [2.45, 2.75) is 19.9 Å². The first-order valence-corrected chi connectivity index (χ1v) is 6.71. The van der Waals surface area contributed by atoms with E-state index in [-0.39, 0.29) is 6.04 Å². The summed E-state index contributed by atoms with van der Waals surface area (Å²) in [7, 11) is 1.65. The summed E-state index contributed by atoms with van der Waals surface area (Å²) in [6.45, 7) is 3.88. The Morgan fingerprint density at radius 2 is 2.25 bits per heavy atom. The zero-order valence-corrected chi connectivity index (χ0v) is 12.3. The van der Waals surface area contributed by atoms with E-state index < -0.39 is 0 Å². The van der Waals surface area contributed by atoms with Crippen LogP contribution in [-0.4, -0.2) is 21.6 Å². The maximum Gasteiger partial charge on any atom is 0.217 e. The zero-order valence-electron chi connectivity index (χ0n) is 11.5. The minimum atomic E-state index is -0.0861. The molecule has 0 fully saturated rings. The average molecular weight is 289 g/mol. The molecule has 2 heterocycles. The Bertz CT molecular complexity index is 815. The van der Waals surface area contributed by atoms with Crippen molar-refractivity contribution in [1.29, 1.82) is 0 Å². The number of rotatable bonds is 3. The fraction of sp³-hybridized carbons (Fsp3) is 0.286. The number of ether oxygens (including phenoxy) is 1. The van der Waals surface area contributed by atoms with Gasteiger partial charge in [-0.2, -0.15) is 0 Å². The highest BCUT2D eigenvalue weighted by Gasteiger charge is 2.17. The molecule has 1 aromatic carbocycles. The van der Waals surface area contributed by atoms with Gasteiger partial charge in [-0.05, 0) is 38.2 Å². The third-order valence-corrected chi connectivity index (χ3v) is 3.61. The van der Waals surface area contributed by atoms with Crippen molar-refractivity contribution in [2.24, 2.45) is 0 Å². The van der Waals surface area contributed by atoms with Crippen LogP contribution in [-0.2, 0) is 0 Å². The SMILES string of the molecule is COc1ccc2[nH]c(=S)n(C(C)c3ncc(C)o3)c2c1. The van der Waals surface area contributed by atoms with Gasteiger partial charge in [-0.3, -0.25) is 0 Å². The van der Waals surface area contributed by atoms with Gasteiger partial charge in [-0.1, -0.05) is 0 Å². The lowest BCUT2D eigenvalue weighted by atomic mass is 10.2. The van der Waals surface area contributed by atoms with E-state index in [1.54, 1.807) is 13.3 Å². The van der Waals surface area contributed by atoms with Crippen LogP contribution in [0.25, 0.3) is 11.0 Å². The molecule has 20 heavy (non-hydrogen) atoms. The number of aromatic amines is 1. The summed E-state index contributed by atoms with van der Waals surface area (Å²) < 4.78 is 13.5. The summed E-state index contributed by atoms with van der Waals surface area (Å²) in [5.74, 6) is 2.22. The van der Waals surface area contributed by atoms with Crippen molar-refractivity contribution >= 4 is 23.3 Å². The average Bonchev–Trinajstić information content (AvgIpc) is 3.00. The third-order valence-electron chi connectivity index (χ3n) is 3.31. The first kappa shape index (κ1) is 12.9. The van der Waals surface area contributed by atoms with Gasteiger partial charge < -0.3 is 18.7 Å². The lowest BCUT2D eigenvalue weighted by Gasteiger charge is -2.11. The number of nitrogens with one attached hydrogen (secondary N) is 1. The van der Waals surface area contributed by atoms with E-state index in [2.05, 4.69) is 9.97 Å². The normalized spacial score (nSPS) is 12.8. The van der Waals surface area contributed by atoms with Crippen LogP contribution in [0.2, 0.25) is 0 Å². The van der Waals surface area contributed by atoms with Crippen molar-refractivity contribution in [2.75, 3.05) is 7.11 Å². The highest BCUT2D eigenvalue weighted by atomic mass is 32.1. The van der Waals surface area contributed by atoms with E-state index in [4.69, 9.17) is 21.4 Å². The summed E-state index contributed by atoms with van der Waals surface area (Å²) in [5, 5.41) is 0. The Morgan fingerprint density at radius 3 is 2.90 bits per heavy atom. The molecule has 5 nitrogen and oxygen atoms in total. The molecule has 0 radical (unpaired) electrons. The zero-order chi connectivity index (χ0) is 14.3. The standard InChI is InChI=1S/C14H15N3O2S/c1-8-7-15-13(19-8)9(2)17-12-6-10(18-3)4-5-11(12)16-14(17)20/h4-7,9H,1-3H3,(H,16,20). The Kier molecular flexibility index (Phi) is 3.10. The molecule has 3 rings (SSSR count). The van der Waals surface area contributed by atoms with Gasteiger partial charge in [0.05, 0.1) is 24.3 Å². The second kappa shape index (κ2) is 4.79. The van der Waals surface area contributed by atoms with Gasteiger partial charge in [-0.15, -0.1) is 0 Å². The number of aryl methyl sites for hydroxylation is 1. The number of nitrogens with zero attached hydrogens (tertiary/aromatic N) is 2. The van der Waals surface area contributed by atoms with Crippen molar-refractivity contribution in [1.82, 2.24) is 14.5 Å². The van der Waals surface area contributed by atoms with Gasteiger partial charge in [0.2, 0.25) is 5.89 Å². The lowest BCUT2D eigenvalue weighted by molar-refractivity contribution is 0.412. The minimum absolute atomic E-state index is 0.0861. The monoisotopic (exact) mass is 289 g/mol. The molecule has 0 aliphatic carbocycles. The van der Waals surface area contributed by atoms with Crippen LogP contribution in [0.5, 0.6) is 5.75 Å². The number of methoxy groups -OCH3 is 1. The molecule has 0 saturated heterocycles. The van der Waals surface area contributed by atoms with E-state index in [0.717, 1.165) is 22.5 Å². The molecule has 0 spiro atoms. The van der Waals surface area contributed by atoms with Gasteiger partial charge in [0, 0.05) is 6.07 Å². The Morgan fingerprint density at radius 1 is 1.45 bits per heavy atom. The largest absolute Gasteiger partial charge is 0.497 e. The van der Waals surface area contributed by atoms with E-state index in [1.165, 1.54) is 0 Å². The molecule has 1 unspecified atom stereocenters. The maximum absolute atomic E-state index is 5.61. The van der Waals surface area contributed by atoms with Crippen LogP contribution in [0.1, 0.15) is 24.6 Å². The van der Waals surface area contributed by atoms with Crippen LogP contribution >= 0.6 is 12.2 Å². The van der Waals surface area contributed by atoms with Crippen LogP contribution in [0.3, 0.4) is 0 Å². The summed E-state index contributed by atoms with van der Waals surface area (Å²) in [6.07, 6.45) is 1.71. The van der Waals surface area contributed by atoms with E-state index in [1.807, 2.05) is 36.6 Å². The molecular formula is C14H15N3O2S. The van der Waals surface area contributed by atoms with Gasteiger partial charge in [0.25, 0.3) is 0 Å². The molecule has 6 heteroatoms. The van der Waals surface area contributed by atoms with E-state index in [0.29, 0.717) is 10.7 Å². The number of aromatic nitrogens is 3. The molecule has 0 aliphatic rings. The molecule has 1 atom stereocenters. The van der Waals surface area contributed by atoms with E-state index >= 15 is 0 Å². The fourth-order valence-corrected chi connectivity index (χ4v) is 2.65. The first-order chi connectivity index (χ1) is 9.60. The number of H-pyrrole nitrogens is 1.